The molecular formula is C12H12F3NO2. The van der Waals surface area contributed by atoms with Crippen molar-refractivity contribution in [2.24, 2.45) is 5.92 Å². The van der Waals surface area contributed by atoms with Crippen LogP contribution in [-0.2, 0) is 4.79 Å². The van der Waals surface area contributed by atoms with Gasteiger partial charge in [-0.05, 0) is 31.4 Å². The number of benzene rings is 1. The van der Waals surface area contributed by atoms with E-state index in [1.807, 2.05) is 0 Å². The van der Waals surface area contributed by atoms with Crippen molar-refractivity contribution < 1.29 is 23.1 Å². The third-order valence-corrected chi connectivity index (χ3v) is 2.91. The predicted molar refractivity (Wildman–Crippen MR) is 57.4 cm³/mol. The van der Waals surface area contributed by atoms with Crippen molar-refractivity contribution in [3.05, 3.63) is 35.1 Å². The molecule has 1 aromatic rings. The highest BCUT2D eigenvalue weighted by molar-refractivity contribution is 5.75. The van der Waals surface area contributed by atoms with Crippen LogP contribution in [0.4, 0.5) is 13.2 Å². The first kappa shape index (κ1) is 12.9. The fourth-order valence-electron chi connectivity index (χ4n) is 1.70. The molecule has 6 heteroatoms. The molecule has 1 atom stereocenters. The highest BCUT2D eigenvalue weighted by Crippen LogP contribution is 2.29. The Morgan fingerprint density at radius 1 is 1.28 bits per heavy atom. The summed E-state index contributed by atoms with van der Waals surface area (Å²) >= 11 is 0. The third kappa shape index (κ3) is 2.81. The Kier molecular flexibility index (Phi) is 3.56. The summed E-state index contributed by atoms with van der Waals surface area (Å²) in [4.78, 5) is 11.0. The number of nitrogens with one attached hydrogen (secondary N) is 1. The topological polar surface area (TPSA) is 49.3 Å². The first-order valence-corrected chi connectivity index (χ1v) is 5.59. The third-order valence-electron chi connectivity index (χ3n) is 2.91. The molecule has 2 rings (SSSR count). The summed E-state index contributed by atoms with van der Waals surface area (Å²) in [5, 5.41) is 11.7. The minimum Gasteiger partial charge on any atom is -0.480 e. The minimum absolute atomic E-state index is 0.361. The van der Waals surface area contributed by atoms with E-state index in [2.05, 4.69) is 5.32 Å². The molecule has 0 aliphatic heterocycles. The second-order valence-corrected chi connectivity index (χ2v) is 4.41. The summed E-state index contributed by atoms with van der Waals surface area (Å²) < 4.78 is 39.3. The first-order chi connectivity index (χ1) is 8.49. The van der Waals surface area contributed by atoms with Gasteiger partial charge in [-0.1, -0.05) is 0 Å². The van der Waals surface area contributed by atoms with Crippen molar-refractivity contribution in [3.63, 3.8) is 0 Å². The summed E-state index contributed by atoms with van der Waals surface area (Å²) in [5.74, 6) is -4.58. The lowest BCUT2D eigenvalue weighted by Gasteiger charge is -2.15. The fraction of sp³-hybridized carbons (Fsp3) is 0.417. The molecule has 18 heavy (non-hydrogen) atoms. The van der Waals surface area contributed by atoms with Gasteiger partial charge in [0, 0.05) is 11.6 Å². The zero-order chi connectivity index (χ0) is 13.3. The molecule has 0 bridgehead atoms. The minimum atomic E-state index is -1.36. The van der Waals surface area contributed by atoms with Crippen molar-refractivity contribution in [2.45, 2.75) is 18.9 Å². The van der Waals surface area contributed by atoms with Crippen LogP contribution in [0.1, 0.15) is 24.4 Å². The van der Waals surface area contributed by atoms with E-state index in [4.69, 9.17) is 5.11 Å². The first-order valence-electron chi connectivity index (χ1n) is 5.59. The molecule has 3 nitrogen and oxygen atoms in total. The SMILES string of the molecule is O=C(O)C(NCC1CC1)c1cc(F)c(F)cc1F. The highest BCUT2D eigenvalue weighted by Gasteiger charge is 2.28. The van der Waals surface area contributed by atoms with Gasteiger partial charge < -0.3 is 10.4 Å². The Morgan fingerprint density at radius 2 is 1.89 bits per heavy atom. The lowest BCUT2D eigenvalue weighted by atomic mass is 10.1. The summed E-state index contributed by atoms with van der Waals surface area (Å²) in [5.41, 5.74) is -0.387. The Balaban J connectivity index is 2.23. The van der Waals surface area contributed by atoms with Gasteiger partial charge in [-0.25, -0.2) is 13.2 Å². The zero-order valence-corrected chi connectivity index (χ0v) is 9.42. The average Bonchev–Trinajstić information content (AvgIpc) is 3.09. The number of carboxylic acids is 1. The van der Waals surface area contributed by atoms with Gasteiger partial charge in [-0.2, -0.15) is 0 Å². The van der Waals surface area contributed by atoms with Gasteiger partial charge >= 0.3 is 5.97 Å². The van der Waals surface area contributed by atoms with E-state index < -0.39 is 29.5 Å². The lowest BCUT2D eigenvalue weighted by Crippen LogP contribution is -2.31. The van der Waals surface area contributed by atoms with Gasteiger partial charge in [0.1, 0.15) is 11.9 Å². The van der Waals surface area contributed by atoms with Crippen molar-refractivity contribution in [1.29, 1.82) is 0 Å². The molecule has 0 saturated heterocycles. The normalized spacial score (nSPS) is 16.6. The molecule has 1 aliphatic carbocycles. The standard InChI is InChI=1S/C12H12F3NO2/c13-8-4-10(15)9(14)3-7(8)11(12(17)18)16-5-6-1-2-6/h3-4,6,11,16H,1-2,5H2,(H,17,18). The van der Waals surface area contributed by atoms with Crippen LogP contribution in [0.2, 0.25) is 0 Å². The number of carboxylic acid groups (broad SMARTS) is 1. The average molecular weight is 259 g/mol. The lowest BCUT2D eigenvalue weighted by molar-refractivity contribution is -0.139. The van der Waals surface area contributed by atoms with Crippen molar-refractivity contribution in [3.8, 4) is 0 Å². The Hall–Kier alpha value is -1.56. The predicted octanol–water partition coefficient (Wildman–Crippen LogP) is 2.23. The van der Waals surface area contributed by atoms with E-state index in [-0.39, 0.29) is 5.56 Å². The molecule has 1 aliphatic rings. The molecule has 0 aromatic heterocycles. The number of aliphatic carboxylic acids is 1. The Bertz CT molecular complexity index is 475. The number of carbonyl (C=O) groups is 1. The molecule has 0 heterocycles. The summed E-state index contributed by atoms with van der Waals surface area (Å²) in [6.07, 6.45) is 2.00. The van der Waals surface area contributed by atoms with Gasteiger partial charge in [0.2, 0.25) is 0 Å². The van der Waals surface area contributed by atoms with Crippen molar-refractivity contribution in [2.75, 3.05) is 6.54 Å². The van der Waals surface area contributed by atoms with Crippen LogP contribution in [0.25, 0.3) is 0 Å². The van der Waals surface area contributed by atoms with Crippen LogP contribution in [0.3, 0.4) is 0 Å². The van der Waals surface area contributed by atoms with E-state index in [9.17, 15) is 18.0 Å². The van der Waals surface area contributed by atoms with Crippen LogP contribution in [0, 0.1) is 23.4 Å². The molecule has 2 N–H and O–H groups in total. The number of hydrogen-bond donors (Lipinski definition) is 2. The maximum absolute atomic E-state index is 13.5. The highest BCUT2D eigenvalue weighted by atomic mass is 19.2. The Morgan fingerprint density at radius 3 is 2.44 bits per heavy atom. The maximum atomic E-state index is 13.5. The van der Waals surface area contributed by atoms with E-state index in [0.29, 0.717) is 24.6 Å². The maximum Gasteiger partial charge on any atom is 0.325 e. The summed E-state index contributed by atoms with van der Waals surface area (Å²) in [7, 11) is 0. The number of rotatable bonds is 5. The molecule has 98 valence electrons. The van der Waals surface area contributed by atoms with Crippen molar-refractivity contribution >= 4 is 5.97 Å². The van der Waals surface area contributed by atoms with Gasteiger partial charge in [-0.15, -0.1) is 0 Å². The summed E-state index contributed by atoms with van der Waals surface area (Å²) in [6, 6.07) is -0.413. The van der Waals surface area contributed by atoms with Crippen LogP contribution in [0.5, 0.6) is 0 Å². The van der Waals surface area contributed by atoms with Gasteiger partial charge in [0.25, 0.3) is 0 Å². The van der Waals surface area contributed by atoms with E-state index in [0.717, 1.165) is 12.8 Å². The monoisotopic (exact) mass is 259 g/mol. The quantitative estimate of drug-likeness (QED) is 0.797. The van der Waals surface area contributed by atoms with Crippen LogP contribution >= 0.6 is 0 Å². The number of halogens is 3. The largest absolute Gasteiger partial charge is 0.480 e. The second kappa shape index (κ2) is 4.97. The molecule has 0 radical (unpaired) electrons. The fourth-order valence-corrected chi connectivity index (χ4v) is 1.70. The van der Waals surface area contributed by atoms with Crippen molar-refractivity contribution in [1.82, 2.24) is 5.32 Å². The Labute approximate surface area is 102 Å². The van der Waals surface area contributed by atoms with Gasteiger partial charge in [0.15, 0.2) is 11.6 Å². The van der Waals surface area contributed by atoms with Gasteiger partial charge in [-0.3, -0.25) is 4.79 Å². The van der Waals surface area contributed by atoms with Crippen LogP contribution in [0.15, 0.2) is 12.1 Å². The summed E-state index contributed by atoms with van der Waals surface area (Å²) in [6.45, 7) is 0.426. The van der Waals surface area contributed by atoms with E-state index in [1.165, 1.54) is 0 Å². The van der Waals surface area contributed by atoms with E-state index >= 15 is 0 Å². The van der Waals surface area contributed by atoms with E-state index in [1.54, 1.807) is 0 Å². The zero-order valence-electron chi connectivity index (χ0n) is 9.42. The molecule has 0 spiro atoms. The molecule has 1 saturated carbocycles. The van der Waals surface area contributed by atoms with Crippen LogP contribution in [-0.4, -0.2) is 17.6 Å². The molecule has 1 unspecified atom stereocenters. The molecule has 0 amide bonds. The second-order valence-electron chi connectivity index (χ2n) is 4.41. The molecule has 1 fully saturated rings. The van der Waals surface area contributed by atoms with Gasteiger partial charge in [0.05, 0.1) is 0 Å². The smallest absolute Gasteiger partial charge is 0.325 e. The van der Waals surface area contributed by atoms with Crippen LogP contribution < -0.4 is 5.32 Å². The molecule has 1 aromatic carbocycles. The molecular weight excluding hydrogens is 247 g/mol. The number of hydrogen-bond acceptors (Lipinski definition) is 2.